The van der Waals surface area contributed by atoms with E-state index in [9.17, 15) is 5.11 Å². The fourth-order valence-corrected chi connectivity index (χ4v) is 2.48. The van der Waals surface area contributed by atoms with E-state index >= 15 is 0 Å². The second-order valence-corrected chi connectivity index (χ2v) is 5.54. The topological polar surface area (TPSA) is 75.4 Å². The van der Waals surface area contributed by atoms with E-state index in [2.05, 4.69) is 15.3 Å². The Morgan fingerprint density at radius 1 is 1.29 bits per heavy atom. The number of nitrogens with one attached hydrogen (secondary N) is 1. The summed E-state index contributed by atoms with van der Waals surface area (Å²) in [5.74, 6) is 1.10. The van der Waals surface area contributed by atoms with Gasteiger partial charge >= 0.3 is 0 Å². The SMILES string of the molecule is COc1cc(/C=N/n2c(-c3ccccc3C)n[nH]c2=S)ccc1O. The molecule has 2 N–H and O–H groups in total. The van der Waals surface area contributed by atoms with Crippen LogP contribution in [0.2, 0.25) is 0 Å². The molecular weight excluding hydrogens is 324 g/mol. The minimum absolute atomic E-state index is 0.0789. The Balaban J connectivity index is 2.01. The van der Waals surface area contributed by atoms with Crippen LogP contribution in [0.1, 0.15) is 11.1 Å². The van der Waals surface area contributed by atoms with Gasteiger partial charge in [0.15, 0.2) is 17.3 Å². The van der Waals surface area contributed by atoms with Crippen LogP contribution in [0.3, 0.4) is 0 Å². The van der Waals surface area contributed by atoms with Gasteiger partial charge in [0.25, 0.3) is 0 Å². The van der Waals surface area contributed by atoms with Crippen molar-refractivity contribution in [3.63, 3.8) is 0 Å². The number of phenolic OH excluding ortho intramolecular Hbond substituents is 1. The van der Waals surface area contributed by atoms with Gasteiger partial charge in [-0.15, -0.1) is 0 Å². The molecule has 24 heavy (non-hydrogen) atoms. The second kappa shape index (κ2) is 6.67. The number of H-pyrrole nitrogens is 1. The molecule has 2 aromatic carbocycles. The third-order valence-electron chi connectivity index (χ3n) is 3.56. The lowest BCUT2D eigenvalue weighted by molar-refractivity contribution is 0.373. The highest BCUT2D eigenvalue weighted by atomic mass is 32.1. The monoisotopic (exact) mass is 340 g/mol. The van der Waals surface area contributed by atoms with Gasteiger partial charge in [-0.3, -0.25) is 0 Å². The second-order valence-electron chi connectivity index (χ2n) is 5.15. The summed E-state index contributed by atoms with van der Waals surface area (Å²) in [5.41, 5.74) is 2.79. The Bertz CT molecular complexity index is 959. The maximum Gasteiger partial charge on any atom is 0.216 e. The molecule has 6 nitrogen and oxygen atoms in total. The van der Waals surface area contributed by atoms with Crippen LogP contribution in [0.25, 0.3) is 11.4 Å². The summed E-state index contributed by atoms with van der Waals surface area (Å²) in [6, 6.07) is 12.9. The van der Waals surface area contributed by atoms with Crippen molar-refractivity contribution in [3.8, 4) is 22.9 Å². The van der Waals surface area contributed by atoms with E-state index in [4.69, 9.17) is 17.0 Å². The van der Waals surface area contributed by atoms with Gasteiger partial charge in [0.2, 0.25) is 4.77 Å². The van der Waals surface area contributed by atoms with E-state index < -0.39 is 0 Å². The lowest BCUT2D eigenvalue weighted by Gasteiger charge is -2.05. The fraction of sp³-hybridized carbons (Fsp3) is 0.118. The summed E-state index contributed by atoms with van der Waals surface area (Å²) in [7, 11) is 1.50. The minimum atomic E-state index is 0.0789. The number of benzene rings is 2. The summed E-state index contributed by atoms with van der Waals surface area (Å²) in [6.45, 7) is 2.01. The largest absolute Gasteiger partial charge is 0.504 e. The van der Waals surface area contributed by atoms with Crippen molar-refractivity contribution in [1.82, 2.24) is 14.9 Å². The molecule has 0 saturated heterocycles. The molecule has 0 fully saturated rings. The lowest BCUT2D eigenvalue weighted by Crippen LogP contribution is -1.96. The zero-order valence-electron chi connectivity index (χ0n) is 13.2. The molecule has 1 heterocycles. The van der Waals surface area contributed by atoms with Gasteiger partial charge in [0.05, 0.1) is 13.3 Å². The summed E-state index contributed by atoms with van der Waals surface area (Å²) >= 11 is 5.27. The number of aromatic hydroxyl groups is 1. The minimum Gasteiger partial charge on any atom is -0.504 e. The predicted molar refractivity (Wildman–Crippen MR) is 95.2 cm³/mol. The summed E-state index contributed by atoms with van der Waals surface area (Å²) in [6.07, 6.45) is 1.63. The van der Waals surface area contributed by atoms with Crippen LogP contribution >= 0.6 is 12.2 Å². The molecule has 0 spiro atoms. The van der Waals surface area contributed by atoms with Gasteiger partial charge in [0, 0.05) is 5.56 Å². The van der Waals surface area contributed by atoms with Gasteiger partial charge in [-0.25, -0.2) is 5.10 Å². The molecule has 3 aromatic rings. The van der Waals surface area contributed by atoms with Gasteiger partial charge in [0.1, 0.15) is 0 Å². The number of phenols is 1. The van der Waals surface area contributed by atoms with Gasteiger partial charge < -0.3 is 9.84 Å². The van der Waals surface area contributed by atoms with Crippen molar-refractivity contribution < 1.29 is 9.84 Å². The lowest BCUT2D eigenvalue weighted by atomic mass is 10.1. The van der Waals surface area contributed by atoms with Gasteiger partial charge in [-0.2, -0.15) is 14.9 Å². The van der Waals surface area contributed by atoms with Crippen LogP contribution in [0, 0.1) is 11.7 Å². The van der Waals surface area contributed by atoms with E-state index in [1.165, 1.54) is 7.11 Å². The van der Waals surface area contributed by atoms with E-state index in [0.717, 1.165) is 16.7 Å². The molecule has 1 aromatic heterocycles. The molecule has 0 aliphatic rings. The van der Waals surface area contributed by atoms with Crippen molar-refractivity contribution in [2.24, 2.45) is 5.10 Å². The number of aromatic amines is 1. The Morgan fingerprint density at radius 3 is 2.83 bits per heavy atom. The standard InChI is InChI=1S/C17H16N4O2S/c1-11-5-3-4-6-13(11)16-19-20-17(24)21(16)18-10-12-7-8-14(22)15(9-12)23-2/h3-10,22H,1-2H3,(H,20,24)/b18-10+. The molecule has 0 aliphatic heterocycles. The number of aryl methyl sites for hydroxylation is 1. The summed E-state index contributed by atoms with van der Waals surface area (Å²) < 4.78 is 7.06. The zero-order valence-corrected chi connectivity index (χ0v) is 14.0. The van der Waals surface area contributed by atoms with Gasteiger partial charge in [-0.1, -0.05) is 24.3 Å². The molecular formula is C17H16N4O2S. The third-order valence-corrected chi connectivity index (χ3v) is 3.83. The van der Waals surface area contributed by atoms with E-state index in [-0.39, 0.29) is 5.75 Å². The van der Waals surface area contributed by atoms with Crippen LogP contribution in [-0.4, -0.2) is 33.3 Å². The van der Waals surface area contributed by atoms with Crippen LogP contribution in [-0.2, 0) is 0 Å². The van der Waals surface area contributed by atoms with Crippen molar-refractivity contribution in [2.75, 3.05) is 7.11 Å². The number of rotatable bonds is 4. The summed E-state index contributed by atoms with van der Waals surface area (Å²) in [5, 5.41) is 21.1. The Hall–Kier alpha value is -2.93. The van der Waals surface area contributed by atoms with Crippen LogP contribution in [0.4, 0.5) is 0 Å². The molecule has 122 valence electrons. The quantitative estimate of drug-likeness (QED) is 0.563. The molecule has 0 saturated carbocycles. The summed E-state index contributed by atoms with van der Waals surface area (Å²) in [4.78, 5) is 0. The van der Waals surface area contributed by atoms with Crippen LogP contribution < -0.4 is 4.74 Å². The van der Waals surface area contributed by atoms with Crippen molar-refractivity contribution in [3.05, 3.63) is 58.4 Å². The highest BCUT2D eigenvalue weighted by molar-refractivity contribution is 7.71. The average Bonchev–Trinajstić information content (AvgIpc) is 2.95. The first-order valence-electron chi connectivity index (χ1n) is 7.25. The molecule has 0 atom stereocenters. The number of aromatic nitrogens is 3. The number of nitrogens with zero attached hydrogens (tertiary/aromatic N) is 3. The van der Waals surface area contributed by atoms with E-state index in [0.29, 0.717) is 16.3 Å². The maximum absolute atomic E-state index is 9.65. The number of hydrogen-bond donors (Lipinski definition) is 2. The molecule has 7 heteroatoms. The fourth-order valence-electron chi connectivity index (χ4n) is 2.30. The molecule has 0 aliphatic carbocycles. The molecule has 0 unspecified atom stereocenters. The first-order chi connectivity index (χ1) is 11.6. The van der Waals surface area contributed by atoms with Crippen molar-refractivity contribution in [2.45, 2.75) is 6.92 Å². The molecule has 0 radical (unpaired) electrons. The van der Waals surface area contributed by atoms with Crippen LogP contribution in [0.5, 0.6) is 11.5 Å². The predicted octanol–water partition coefficient (Wildman–Crippen LogP) is 3.51. The Labute approximate surface area is 144 Å². The van der Waals surface area contributed by atoms with Crippen molar-refractivity contribution >= 4 is 18.4 Å². The molecule has 0 bridgehead atoms. The highest BCUT2D eigenvalue weighted by Gasteiger charge is 2.10. The van der Waals surface area contributed by atoms with E-state index in [1.807, 2.05) is 31.2 Å². The first kappa shape index (κ1) is 15.9. The zero-order chi connectivity index (χ0) is 17.1. The Morgan fingerprint density at radius 2 is 2.08 bits per heavy atom. The van der Waals surface area contributed by atoms with E-state index in [1.54, 1.807) is 29.1 Å². The Kier molecular flexibility index (Phi) is 4.43. The van der Waals surface area contributed by atoms with Gasteiger partial charge in [-0.05, 0) is 48.5 Å². The number of methoxy groups -OCH3 is 1. The highest BCUT2D eigenvalue weighted by Crippen LogP contribution is 2.26. The normalized spacial score (nSPS) is 11.1. The van der Waals surface area contributed by atoms with Crippen LogP contribution in [0.15, 0.2) is 47.6 Å². The molecule has 3 rings (SSSR count). The average molecular weight is 340 g/mol. The first-order valence-corrected chi connectivity index (χ1v) is 7.66. The number of ether oxygens (including phenoxy) is 1. The molecule has 0 amide bonds. The van der Waals surface area contributed by atoms with Crippen molar-refractivity contribution in [1.29, 1.82) is 0 Å². The third kappa shape index (κ3) is 3.07. The number of hydrogen-bond acceptors (Lipinski definition) is 5. The smallest absolute Gasteiger partial charge is 0.216 e. The maximum atomic E-state index is 9.65.